The molecule has 4 rings (SSSR count). The standard InChI is InChI=1S/C18H16ClFN4O4/c1-22-8-23-6-5-11-12(15(25)16(26)14(18(22)28)24(11)23)17(27)21-7-9-3-2-4-10(19)13(9)20/h2-4,26H,5-8H2,1H3,(H,21,27). The lowest BCUT2D eigenvalue weighted by Gasteiger charge is -2.35. The number of hydrogen-bond donors (Lipinski definition) is 2. The van der Waals surface area contributed by atoms with Gasteiger partial charge in [0.15, 0.2) is 11.4 Å². The van der Waals surface area contributed by atoms with Crippen molar-refractivity contribution in [1.82, 2.24) is 14.9 Å². The van der Waals surface area contributed by atoms with Crippen molar-refractivity contribution in [2.24, 2.45) is 0 Å². The fourth-order valence-electron chi connectivity index (χ4n) is 3.57. The predicted molar refractivity (Wildman–Crippen MR) is 98.7 cm³/mol. The van der Waals surface area contributed by atoms with Crippen molar-refractivity contribution in [3.63, 3.8) is 0 Å². The highest BCUT2D eigenvalue weighted by molar-refractivity contribution is 6.30. The van der Waals surface area contributed by atoms with E-state index in [1.807, 2.05) is 0 Å². The van der Waals surface area contributed by atoms with Crippen LogP contribution in [0.25, 0.3) is 0 Å². The third-order valence-corrected chi connectivity index (χ3v) is 5.23. The number of benzene rings is 1. The van der Waals surface area contributed by atoms with Gasteiger partial charge in [0.2, 0.25) is 5.43 Å². The highest BCUT2D eigenvalue weighted by atomic mass is 35.5. The molecule has 2 aliphatic rings. The minimum Gasteiger partial charge on any atom is -0.502 e. The average molecular weight is 407 g/mol. The SMILES string of the molecule is CN1CN2CCc3c(C(=O)NCc4cccc(Cl)c4F)c(=O)c(O)c(n32)C1=O. The monoisotopic (exact) mass is 406 g/mol. The molecule has 2 N–H and O–H groups in total. The van der Waals surface area contributed by atoms with Crippen LogP contribution < -0.4 is 15.8 Å². The van der Waals surface area contributed by atoms with Crippen LogP contribution in [0.2, 0.25) is 5.02 Å². The minimum absolute atomic E-state index is 0.0740. The van der Waals surface area contributed by atoms with Crippen LogP contribution in [0.15, 0.2) is 23.0 Å². The van der Waals surface area contributed by atoms with E-state index in [-0.39, 0.29) is 35.1 Å². The summed E-state index contributed by atoms with van der Waals surface area (Å²) in [7, 11) is 1.56. The van der Waals surface area contributed by atoms with Crippen LogP contribution in [0.1, 0.15) is 32.1 Å². The van der Waals surface area contributed by atoms with Gasteiger partial charge in [-0.05, 0) is 6.07 Å². The van der Waals surface area contributed by atoms with E-state index in [9.17, 15) is 23.9 Å². The molecular formula is C18H16ClFN4O4. The van der Waals surface area contributed by atoms with Gasteiger partial charge in [-0.25, -0.2) is 4.39 Å². The second-order valence-corrected chi connectivity index (χ2v) is 7.09. The molecule has 0 atom stereocenters. The van der Waals surface area contributed by atoms with E-state index in [4.69, 9.17) is 11.6 Å². The Morgan fingerprint density at radius 3 is 2.86 bits per heavy atom. The quantitative estimate of drug-likeness (QED) is 0.786. The number of amides is 2. The highest BCUT2D eigenvalue weighted by Gasteiger charge is 2.39. The highest BCUT2D eigenvalue weighted by Crippen LogP contribution is 2.27. The van der Waals surface area contributed by atoms with Gasteiger partial charge < -0.3 is 15.3 Å². The molecule has 0 aliphatic carbocycles. The molecule has 0 unspecified atom stereocenters. The zero-order valence-corrected chi connectivity index (χ0v) is 15.6. The number of carbonyl (C=O) groups excluding carboxylic acids is 2. The normalized spacial score (nSPS) is 15.0. The fourth-order valence-corrected chi connectivity index (χ4v) is 3.77. The van der Waals surface area contributed by atoms with Crippen LogP contribution in [0.3, 0.4) is 0 Å². The zero-order chi connectivity index (χ0) is 20.2. The van der Waals surface area contributed by atoms with Crippen LogP contribution >= 0.6 is 11.6 Å². The van der Waals surface area contributed by atoms with Crippen molar-refractivity contribution in [2.75, 3.05) is 25.3 Å². The molecule has 10 heteroatoms. The van der Waals surface area contributed by atoms with Crippen molar-refractivity contribution in [1.29, 1.82) is 0 Å². The first-order valence-corrected chi connectivity index (χ1v) is 8.91. The van der Waals surface area contributed by atoms with Gasteiger partial charge in [-0.3, -0.25) is 24.1 Å². The Balaban J connectivity index is 1.72. The number of aromatic nitrogens is 1. The number of hydrogen-bond acceptors (Lipinski definition) is 5. The Hall–Kier alpha value is -3.07. The molecule has 0 fully saturated rings. The summed E-state index contributed by atoms with van der Waals surface area (Å²) in [5, 5.41) is 14.5. The number of rotatable bonds is 3. The number of pyridine rings is 1. The molecule has 0 bridgehead atoms. The van der Waals surface area contributed by atoms with Crippen molar-refractivity contribution in [3.05, 3.63) is 61.8 Å². The number of halogens is 2. The molecule has 0 saturated carbocycles. The largest absolute Gasteiger partial charge is 0.502 e. The van der Waals surface area contributed by atoms with E-state index >= 15 is 0 Å². The maximum Gasteiger partial charge on any atom is 0.277 e. The van der Waals surface area contributed by atoms with Crippen molar-refractivity contribution < 1.29 is 19.1 Å². The molecule has 3 heterocycles. The first-order valence-electron chi connectivity index (χ1n) is 8.54. The molecule has 0 spiro atoms. The molecule has 0 saturated heterocycles. The van der Waals surface area contributed by atoms with Gasteiger partial charge in [0, 0.05) is 32.1 Å². The van der Waals surface area contributed by atoms with Gasteiger partial charge in [0.05, 0.1) is 10.7 Å². The van der Waals surface area contributed by atoms with E-state index in [1.54, 1.807) is 18.1 Å². The Labute approximate surface area is 163 Å². The van der Waals surface area contributed by atoms with Crippen molar-refractivity contribution in [3.8, 4) is 5.75 Å². The Morgan fingerprint density at radius 2 is 2.11 bits per heavy atom. The lowest BCUT2D eigenvalue weighted by atomic mass is 10.1. The summed E-state index contributed by atoms with van der Waals surface area (Å²) >= 11 is 5.73. The Morgan fingerprint density at radius 1 is 1.36 bits per heavy atom. The second kappa shape index (κ2) is 6.52. The zero-order valence-electron chi connectivity index (χ0n) is 14.8. The summed E-state index contributed by atoms with van der Waals surface area (Å²) in [5.41, 5.74) is -0.802. The van der Waals surface area contributed by atoms with Crippen LogP contribution in [0, 0.1) is 5.82 Å². The van der Waals surface area contributed by atoms with Crippen molar-refractivity contribution in [2.45, 2.75) is 13.0 Å². The summed E-state index contributed by atoms with van der Waals surface area (Å²) in [4.78, 5) is 39.2. The predicted octanol–water partition coefficient (Wildman–Crippen LogP) is 0.814. The smallest absolute Gasteiger partial charge is 0.277 e. The van der Waals surface area contributed by atoms with Gasteiger partial charge >= 0.3 is 0 Å². The number of nitrogens with one attached hydrogen (secondary N) is 1. The molecule has 0 radical (unpaired) electrons. The summed E-state index contributed by atoms with van der Waals surface area (Å²) in [6.07, 6.45) is 0.359. The minimum atomic E-state index is -0.921. The molecule has 2 aromatic rings. The molecule has 2 aliphatic heterocycles. The summed E-state index contributed by atoms with van der Waals surface area (Å²) in [6.45, 7) is 0.574. The third kappa shape index (κ3) is 2.62. The molecule has 2 amide bonds. The Bertz CT molecular complexity index is 1080. The maximum absolute atomic E-state index is 14.0. The van der Waals surface area contributed by atoms with Gasteiger partial charge in [-0.1, -0.05) is 23.7 Å². The van der Waals surface area contributed by atoms with Crippen LogP contribution in [0.4, 0.5) is 4.39 Å². The second-order valence-electron chi connectivity index (χ2n) is 6.68. The topological polar surface area (TPSA) is 94.9 Å². The first-order chi connectivity index (χ1) is 13.3. The van der Waals surface area contributed by atoms with E-state index < -0.39 is 28.8 Å². The van der Waals surface area contributed by atoms with Crippen LogP contribution in [-0.4, -0.2) is 46.8 Å². The van der Waals surface area contributed by atoms with E-state index in [0.29, 0.717) is 18.7 Å². The van der Waals surface area contributed by atoms with E-state index in [1.165, 1.54) is 21.7 Å². The van der Waals surface area contributed by atoms with Gasteiger partial charge in [0.1, 0.15) is 18.0 Å². The van der Waals surface area contributed by atoms with Gasteiger partial charge in [-0.15, -0.1) is 0 Å². The molecule has 146 valence electrons. The summed E-state index contributed by atoms with van der Waals surface area (Å²) < 4.78 is 15.5. The lowest BCUT2D eigenvalue weighted by Crippen LogP contribution is -2.51. The lowest BCUT2D eigenvalue weighted by molar-refractivity contribution is 0.0737. The molecule has 8 nitrogen and oxygen atoms in total. The summed E-state index contributed by atoms with van der Waals surface area (Å²) in [6, 6.07) is 4.40. The number of aromatic hydroxyl groups is 1. The molecule has 1 aromatic carbocycles. The van der Waals surface area contributed by atoms with Crippen LogP contribution in [-0.2, 0) is 13.0 Å². The Kier molecular flexibility index (Phi) is 4.26. The molecule has 28 heavy (non-hydrogen) atoms. The van der Waals surface area contributed by atoms with Gasteiger partial charge in [-0.2, -0.15) is 0 Å². The first kappa shape index (κ1) is 18.3. The van der Waals surface area contributed by atoms with Gasteiger partial charge in [0.25, 0.3) is 11.8 Å². The molecule has 1 aromatic heterocycles. The van der Waals surface area contributed by atoms with E-state index in [2.05, 4.69) is 5.32 Å². The molecular weight excluding hydrogens is 391 g/mol. The van der Waals surface area contributed by atoms with E-state index in [0.717, 1.165) is 0 Å². The number of carbonyl (C=O) groups is 2. The third-order valence-electron chi connectivity index (χ3n) is 4.93. The average Bonchev–Trinajstić information content (AvgIpc) is 3.06. The fraction of sp³-hybridized carbons (Fsp3) is 0.278. The number of nitrogens with zero attached hydrogens (tertiary/aromatic N) is 3. The summed E-state index contributed by atoms with van der Waals surface area (Å²) in [5.74, 6) is -2.68. The van der Waals surface area contributed by atoms with Crippen molar-refractivity contribution >= 4 is 23.4 Å². The van der Waals surface area contributed by atoms with Crippen LogP contribution in [0.5, 0.6) is 5.75 Å². The maximum atomic E-state index is 14.0.